The summed E-state index contributed by atoms with van der Waals surface area (Å²) >= 11 is 1.73. The molecule has 0 saturated carbocycles. The summed E-state index contributed by atoms with van der Waals surface area (Å²) in [6, 6.07) is 0. The first-order valence-electron chi connectivity index (χ1n) is 5.90. The van der Waals surface area contributed by atoms with Gasteiger partial charge in [0, 0.05) is 0 Å². The van der Waals surface area contributed by atoms with Crippen LogP contribution in [0.1, 0.15) is 0 Å². The zero-order valence-electron chi connectivity index (χ0n) is 13.3. The summed E-state index contributed by atoms with van der Waals surface area (Å²) in [4.78, 5) is 26.4. The Morgan fingerprint density at radius 3 is 1.17 bits per heavy atom. The van der Waals surface area contributed by atoms with Gasteiger partial charge in [0.05, 0.1) is 0 Å². The molecule has 0 aliphatic carbocycles. The minimum Gasteiger partial charge on any atom is -0.544 e. The number of rotatable bonds is 8. The van der Waals surface area contributed by atoms with Gasteiger partial charge in [-0.1, -0.05) is 0 Å². The maximum atomic E-state index is 14.0. The Morgan fingerprint density at radius 1 is 0.600 bits per heavy atom. The van der Waals surface area contributed by atoms with Crippen LogP contribution >= 0.6 is 31.9 Å². The van der Waals surface area contributed by atoms with Crippen LogP contribution in [0.5, 0.6) is 0 Å². The second-order valence-electron chi connectivity index (χ2n) is 4.90. The first-order chi connectivity index (χ1) is 12.3. The van der Waals surface area contributed by atoms with Crippen molar-refractivity contribution in [1.29, 1.82) is 0 Å². The fraction of sp³-hybridized carbons (Fsp3) is 0.700. The molecular weight excluding hydrogens is 614 g/mol. The quantitative estimate of drug-likeness (QED) is 0.221. The molecule has 4 nitrogen and oxygen atoms in total. The maximum absolute atomic E-state index is 14.0. The van der Waals surface area contributed by atoms with Crippen LogP contribution in [0, 0.1) is 0 Å². The third-order valence-corrected chi connectivity index (χ3v) is 4.93. The molecule has 2 atom stereocenters. The van der Waals surface area contributed by atoms with E-state index in [1.165, 1.54) is 0 Å². The molecule has 0 N–H and O–H groups in total. The first-order valence-corrected chi connectivity index (χ1v) is 7.49. The van der Waals surface area contributed by atoms with Crippen molar-refractivity contribution in [2.45, 2.75) is 39.0 Å². The first kappa shape index (κ1) is 32.0. The van der Waals surface area contributed by atoms with Gasteiger partial charge in [0.2, 0.25) is 0 Å². The summed E-state index contributed by atoms with van der Waals surface area (Å²) in [5.41, 5.74) is -7.80. The van der Waals surface area contributed by atoms with E-state index in [9.17, 15) is 76.6 Å². The van der Waals surface area contributed by atoms with Gasteiger partial charge in [-0.15, -0.1) is 0 Å². The van der Waals surface area contributed by atoms with Crippen LogP contribution in [0.25, 0.3) is 0 Å². The Morgan fingerprint density at radius 2 is 0.933 bits per heavy atom. The number of Topliss-reactive ketones (excluding diaryl/α,β-unsaturated/α-hetero) is 2. The molecule has 0 amide bonds. The van der Waals surface area contributed by atoms with Crippen LogP contribution in [0.2, 0.25) is 0 Å². The molecule has 0 radical (unpaired) electrons. The molecule has 0 aromatic heterocycles. The molecule has 0 aliphatic rings. The van der Waals surface area contributed by atoms with E-state index in [4.69, 9.17) is 0 Å². The van der Waals surface area contributed by atoms with E-state index in [0.29, 0.717) is 0 Å². The monoisotopic (exact) mass is 612 g/mol. The number of aliphatic carboxylic acids is 1. The third-order valence-electron chi connectivity index (χ3n) is 3.00. The van der Waals surface area contributed by atoms with E-state index in [0.717, 1.165) is 31.9 Å². The predicted molar refractivity (Wildman–Crippen MR) is 66.4 cm³/mol. The number of carboxylic acid groups (broad SMARTS) is 1. The SMILES string of the molecule is O=C([O-])C(F)(F)C(F)(F)C(=O)C(F)(C(F)(F)F)C(F)(F)C(=O)C(F)(Br)C(F)(F)Br.[Na+]. The van der Waals surface area contributed by atoms with Crippen LogP contribution in [0.4, 0.5) is 57.1 Å². The normalized spacial score (nSPS) is 18.0. The van der Waals surface area contributed by atoms with Crippen LogP contribution < -0.4 is 34.7 Å². The average molecular weight is 614 g/mol. The molecule has 170 valence electrons. The summed E-state index contributed by atoms with van der Waals surface area (Å²) in [5.74, 6) is -36.3. The Hall–Kier alpha value is -0.140. The Labute approximate surface area is 194 Å². The molecule has 0 saturated heterocycles. The van der Waals surface area contributed by atoms with Gasteiger partial charge in [-0.25, -0.2) is 8.78 Å². The van der Waals surface area contributed by atoms with Crippen LogP contribution in [0.3, 0.4) is 0 Å². The third kappa shape index (κ3) is 4.63. The van der Waals surface area contributed by atoms with Crippen molar-refractivity contribution in [2.24, 2.45) is 0 Å². The minimum absolute atomic E-state index is 0. The number of hydrogen-bond acceptors (Lipinski definition) is 4. The molecule has 0 aliphatic heterocycles. The van der Waals surface area contributed by atoms with E-state index in [-0.39, 0.29) is 29.6 Å². The van der Waals surface area contributed by atoms with Crippen LogP contribution in [-0.4, -0.2) is 56.6 Å². The number of carbonyl (C=O) groups excluding carboxylic acids is 3. The Kier molecular flexibility index (Phi) is 9.25. The molecule has 0 bridgehead atoms. The standard InChI is InChI=1S/C10HBr2F13O4.Na/c11-5(14,9(12,21)22)2(27)6(15,16)4(13,10(23,24)25)1(26)7(17,18)8(19,20)3(28)29;/h(H,28,29);/q;+1/p-1. The van der Waals surface area contributed by atoms with Gasteiger partial charge in [0.15, 0.2) is 0 Å². The fourth-order valence-corrected chi connectivity index (χ4v) is 1.85. The summed E-state index contributed by atoms with van der Waals surface area (Å²) < 4.78 is 165. The number of alkyl halides is 15. The second-order valence-corrected chi connectivity index (χ2v) is 6.99. The van der Waals surface area contributed by atoms with Crippen molar-refractivity contribution in [3.63, 3.8) is 0 Å². The molecular formula is C10Br2F13NaO4. The van der Waals surface area contributed by atoms with Crippen molar-refractivity contribution >= 4 is 49.4 Å². The molecule has 0 aromatic rings. The number of halogens is 15. The van der Waals surface area contributed by atoms with Gasteiger partial charge < -0.3 is 9.90 Å². The molecule has 0 heterocycles. The molecule has 0 aromatic carbocycles. The minimum atomic E-state index is -7.80. The van der Waals surface area contributed by atoms with E-state index in [2.05, 4.69) is 0 Å². The number of hydrogen-bond donors (Lipinski definition) is 0. The van der Waals surface area contributed by atoms with Crippen molar-refractivity contribution in [2.75, 3.05) is 0 Å². The second kappa shape index (κ2) is 8.66. The van der Waals surface area contributed by atoms with E-state index < -0.39 is 56.6 Å². The summed E-state index contributed by atoms with van der Waals surface area (Å²) in [7, 11) is 0. The topological polar surface area (TPSA) is 74.3 Å². The largest absolute Gasteiger partial charge is 1.00 e. The van der Waals surface area contributed by atoms with Gasteiger partial charge in [-0.05, 0) is 31.9 Å². The van der Waals surface area contributed by atoms with Crippen LogP contribution in [0.15, 0.2) is 0 Å². The van der Waals surface area contributed by atoms with Crippen molar-refractivity contribution in [3.8, 4) is 0 Å². The van der Waals surface area contributed by atoms with Crippen molar-refractivity contribution < 1.29 is 106 Å². The zero-order valence-corrected chi connectivity index (χ0v) is 18.5. The van der Waals surface area contributed by atoms with Crippen molar-refractivity contribution in [1.82, 2.24) is 0 Å². The summed E-state index contributed by atoms with van der Waals surface area (Å²) in [6.45, 7) is 0. The molecule has 0 rings (SSSR count). The number of carbonyl (C=O) groups is 3. The molecule has 30 heavy (non-hydrogen) atoms. The summed E-state index contributed by atoms with van der Waals surface area (Å²) in [5, 5.41) is 9.90. The number of carboxylic acids is 1. The molecule has 20 heteroatoms. The Bertz CT molecular complexity index is 718. The predicted octanol–water partition coefficient (Wildman–Crippen LogP) is 0.103. The number of ketones is 2. The summed E-state index contributed by atoms with van der Waals surface area (Å²) in [6.07, 6.45) is -7.76. The zero-order chi connectivity index (χ0) is 24.2. The van der Waals surface area contributed by atoms with Gasteiger partial charge in [0.1, 0.15) is 5.97 Å². The molecule has 2 unspecified atom stereocenters. The van der Waals surface area contributed by atoms with Gasteiger partial charge >= 0.3 is 68.6 Å². The van der Waals surface area contributed by atoms with Gasteiger partial charge in [0.25, 0.3) is 11.6 Å². The van der Waals surface area contributed by atoms with Gasteiger partial charge in [-0.2, -0.15) is 48.3 Å². The van der Waals surface area contributed by atoms with E-state index in [1.54, 1.807) is 0 Å². The smallest absolute Gasteiger partial charge is 0.544 e. The molecule has 0 fully saturated rings. The average Bonchev–Trinajstić information content (AvgIpc) is 2.49. The van der Waals surface area contributed by atoms with Gasteiger partial charge in [-0.3, -0.25) is 9.59 Å². The van der Waals surface area contributed by atoms with Crippen molar-refractivity contribution in [3.05, 3.63) is 0 Å². The van der Waals surface area contributed by atoms with E-state index in [1.807, 2.05) is 0 Å². The molecule has 0 spiro atoms. The Balaban J connectivity index is 0. The van der Waals surface area contributed by atoms with E-state index >= 15 is 0 Å². The maximum Gasteiger partial charge on any atom is 1.00 e. The fourth-order valence-electron chi connectivity index (χ4n) is 1.42. The van der Waals surface area contributed by atoms with Crippen LogP contribution in [-0.2, 0) is 14.4 Å².